The van der Waals surface area contributed by atoms with Crippen molar-refractivity contribution in [3.05, 3.63) is 70.8 Å². The standard InChI is InChI=1S/C20H23NO2/c1-21(2)20(22)17-12-10-15(11-13-17)14-23-19-9-5-7-16-6-3-4-8-18(16)19/h3-4,6,8,10-13,19H,5,7,9,14H2,1-2H3/t19-/m0/s1. The van der Waals surface area contributed by atoms with E-state index in [1.807, 2.05) is 24.3 Å². The summed E-state index contributed by atoms with van der Waals surface area (Å²) in [4.78, 5) is 13.5. The molecule has 0 saturated carbocycles. The zero-order valence-corrected chi connectivity index (χ0v) is 13.8. The van der Waals surface area contributed by atoms with Crippen LogP contribution in [0.4, 0.5) is 0 Å². The number of hydrogen-bond acceptors (Lipinski definition) is 2. The molecule has 0 aromatic heterocycles. The van der Waals surface area contributed by atoms with Crippen molar-refractivity contribution >= 4 is 5.91 Å². The van der Waals surface area contributed by atoms with Gasteiger partial charge in [0, 0.05) is 19.7 Å². The van der Waals surface area contributed by atoms with Gasteiger partial charge in [0.25, 0.3) is 5.91 Å². The van der Waals surface area contributed by atoms with Crippen molar-refractivity contribution in [2.24, 2.45) is 0 Å². The van der Waals surface area contributed by atoms with Gasteiger partial charge >= 0.3 is 0 Å². The largest absolute Gasteiger partial charge is 0.369 e. The molecule has 1 aliphatic rings. The molecule has 3 rings (SSSR count). The third kappa shape index (κ3) is 3.62. The zero-order chi connectivity index (χ0) is 16.2. The number of hydrogen-bond donors (Lipinski definition) is 0. The summed E-state index contributed by atoms with van der Waals surface area (Å²) in [6.45, 7) is 0.579. The van der Waals surface area contributed by atoms with Gasteiger partial charge in [0.15, 0.2) is 0 Å². The molecule has 3 nitrogen and oxygen atoms in total. The molecule has 0 fully saturated rings. The van der Waals surface area contributed by atoms with E-state index in [2.05, 4.69) is 24.3 Å². The van der Waals surface area contributed by atoms with Crippen LogP contribution < -0.4 is 0 Å². The first-order valence-corrected chi connectivity index (χ1v) is 8.15. The molecule has 23 heavy (non-hydrogen) atoms. The second-order valence-electron chi connectivity index (χ2n) is 6.29. The molecule has 0 heterocycles. The zero-order valence-electron chi connectivity index (χ0n) is 13.8. The van der Waals surface area contributed by atoms with Crippen molar-refractivity contribution in [1.82, 2.24) is 4.90 Å². The third-order valence-corrected chi connectivity index (χ3v) is 4.37. The molecule has 2 aromatic rings. The van der Waals surface area contributed by atoms with E-state index < -0.39 is 0 Å². The van der Waals surface area contributed by atoms with Crippen LogP contribution in [0.25, 0.3) is 0 Å². The van der Waals surface area contributed by atoms with Gasteiger partial charge in [-0.15, -0.1) is 0 Å². The Morgan fingerprint density at radius 2 is 1.87 bits per heavy atom. The van der Waals surface area contributed by atoms with Crippen LogP contribution in [-0.2, 0) is 17.8 Å². The lowest BCUT2D eigenvalue weighted by molar-refractivity contribution is 0.0282. The quantitative estimate of drug-likeness (QED) is 0.855. The van der Waals surface area contributed by atoms with Gasteiger partial charge in [-0.25, -0.2) is 0 Å². The van der Waals surface area contributed by atoms with Crippen molar-refractivity contribution < 1.29 is 9.53 Å². The highest BCUT2D eigenvalue weighted by Gasteiger charge is 2.20. The highest BCUT2D eigenvalue weighted by molar-refractivity contribution is 5.93. The Balaban J connectivity index is 1.64. The maximum absolute atomic E-state index is 11.9. The van der Waals surface area contributed by atoms with Gasteiger partial charge in [0.2, 0.25) is 0 Å². The number of benzene rings is 2. The van der Waals surface area contributed by atoms with Gasteiger partial charge in [0.05, 0.1) is 12.7 Å². The molecule has 0 bridgehead atoms. The molecule has 2 aromatic carbocycles. The lowest BCUT2D eigenvalue weighted by atomic mass is 9.89. The van der Waals surface area contributed by atoms with E-state index in [9.17, 15) is 4.79 Å². The number of rotatable bonds is 4. The molecule has 0 N–H and O–H groups in total. The summed E-state index contributed by atoms with van der Waals surface area (Å²) < 4.78 is 6.15. The molecule has 1 aliphatic carbocycles. The predicted molar refractivity (Wildman–Crippen MR) is 91.4 cm³/mol. The minimum absolute atomic E-state index is 0.0266. The van der Waals surface area contributed by atoms with Gasteiger partial charge in [-0.1, -0.05) is 36.4 Å². The Morgan fingerprint density at radius 1 is 1.13 bits per heavy atom. The first kappa shape index (κ1) is 15.8. The fourth-order valence-corrected chi connectivity index (χ4v) is 3.08. The van der Waals surface area contributed by atoms with E-state index in [0.29, 0.717) is 12.2 Å². The van der Waals surface area contributed by atoms with Crippen molar-refractivity contribution in [2.75, 3.05) is 14.1 Å². The van der Waals surface area contributed by atoms with E-state index in [-0.39, 0.29) is 12.0 Å². The summed E-state index contributed by atoms with van der Waals surface area (Å²) >= 11 is 0. The number of ether oxygens (including phenoxy) is 1. The molecule has 0 aliphatic heterocycles. The predicted octanol–water partition coefficient (Wildman–Crippen LogP) is 3.98. The average Bonchev–Trinajstić information content (AvgIpc) is 2.59. The summed E-state index contributed by atoms with van der Waals surface area (Å²) in [6, 6.07) is 16.3. The normalized spacial score (nSPS) is 16.7. The minimum atomic E-state index is 0.0266. The fraction of sp³-hybridized carbons (Fsp3) is 0.350. The number of aryl methyl sites for hydroxylation is 1. The fourth-order valence-electron chi connectivity index (χ4n) is 3.08. The number of carbonyl (C=O) groups is 1. The van der Waals surface area contributed by atoms with Crippen LogP contribution in [0.5, 0.6) is 0 Å². The Kier molecular flexibility index (Phi) is 4.77. The number of carbonyl (C=O) groups excluding carboxylic acids is 1. The molecule has 120 valence electrons. The van der Waals surface area contributed by atoms with Gasteiger partial charge in [-0.2, -0.15) is 0 Å². The van der Waals surface area contributed by atoms with Crippen LogP contribution in [0, 0.1) is 0 Å². The summed E-state index contributed by atoms with van der Waals surface area (Å²) in [5.74, 6) is 0.0266. The SMILES string of the molecule is CN(C)C(=O)c1ccc(CO[C@H]2CCCc3ccccc32)cc1. The van der Waals surface area contributed by atoms with Gasteiger partial charge < -0.3 is 9.64 Å². The van der Waals surface area contributed by atoms with Crippen molar-refractivity contribution in [2.45, 2.75) is 32.0 Å². The minimum Gasteiger partial charge on any atom is -0.369 e. The van der Waals surface area contributed by atoms with Crippen LogP contribution in [0.3, 0.4) is 0 Å². The third-order valence-electron chi connectivity index (χ3n) is 4.37. The van der Waals surface area contributed by atoms with Gasteiger partial charge in [0.1, 0.15) is 0 Å². The second-order valence-corrected chi connectivity index (χ2v) is 6.29. The van der Waals surface area contributed by atoms with Crippen LogP contribution in [0.1, 0.15) is 46.0 Å². The van der Waals surface area contributed by atoms with Crippen LogP contribution in [0.2, 0.25) is 0 Å². The van der Waals surface area contributed by atoms with Crippen molar-refractivity contribution in [3.8, 4) is 0 Å². The van der Waals surface area contributed by atoms with E-state index in [0.717, 1.165) is 18.4 Å². The van der Waals surface area contributed by atoms with E-state index >= 15 is 0 Å². The number of nitrogens with zero attached hydrogens (tertiary/aromatic N) is 1. The summed E-state index contributed by atoms with van der Waals surface area (Å²) in [6.07, 6.45) is 3.59. The summed E-state index contributed by atoms with van der Waals surface area (Å²) in [7, 11) is 3.53. The number of fused-ring (bicyclic) bond motifs is 1. The first-order valence-electron chi connectivity index (χ1n) is 8.15. The average molecular weight is 309 g/mol. The Morgan fingerprint density at radius 3 is 2.61 bits per heavy atom. The van der Waals surface area contributed by atoms with Crippen molar-refractivity contribution in [1.29, 1.82) is 0 Å². The maximum Gasteiger partial charge on any atom is 0.253 e. The Bertz CT molecular complexity index is 676. The van der Waals surface area contributed by atoms with Gasteiger partial charge in [-0.05, 0) is 48.1 Å². The maximum atomic E-state index is 11.9. The molecule has 0 unspecified atom stereocenters. The van der Waals surface area contributed by atoms with E-state index in [4.69, 9.17) is 4.74 Å². The molecule has 1 amide bonds. The molecule has 3 heteroatoms. The lowest BCUT2D eigenvalue weighted by Crippen LogP contribution is -2.21. The molecular formula is C20H23NO2. The number of amides is 1. The van der Waals surface area contributed by atoms with E-state index in [1.165, 1.54) is 17.5 Å². The van der Waals surface area contributed by atoms with Crippen LogP contribution in [0.15, 0.2) is 48.5 Å². The summed E-state index contributed by atoms with van der Waals surface area (Å²) in [5.41, 5.74) is 4.55. The molecule has 0 radical (unpaired) electrons. The van der Waals surface area contributed by atoms with E-state index in [1.54, 1.807) is 19.0 Å². The van der Waals surface area contributed by atoms with Gasteiger partial charge in [-0.3, -0.25) is 4.79 Å². The highest BCUT2D eigenvalue weighted by Crippen LogP contribution is 2.32. The summed E-state index contributed by atoms with van der Waals surface area (Å²) in [5, 5.41) is 0. The van der Waals surface area contributed by atoms with Crippen LogP contribution >= 0.6 is 0 Å². The molecule has 0 spiro atoms. The molecule has 1 atom stereocenters. The van der Waals surface area contributed by atoms with Crippen LogP contribution in [-0.4, -0.2) is 24.9 Å². The second kappa shape index (κ2) is 6.97. The van der Waals surface area contributed by atoms with Crippen molar-refractivity contribution in [3.63, 3.8) is 0 Å². The smallest absolute Gasteiger partial charge is 0.253 e. The molecule has 0 saturated heterocycles. The first-order chi connectivity index (χ1) is 11.1. The lowest BCUT2D eigenvalue weighted by Gasteiger charge is -2.25. The topological polar surface area (TPSA) is 29.5 Å². The Hall–Kier alpha value is -2.13. The Labute approximate surface area is 137 Å². The monoisotopic (exact) mass is 309 g/mol. The molecular weight excluding hydrogens is 286 g/mol. The highest BCUT2D eigenvalue weighted by atomic mass is 16.5.